The van der Waals surface area contributed by atoms with Crippen molar-refractivity contribution in [2.45, 2.75) is 6.54 Å². The molecule has 0 atom stereocenters. The zero-order valence-corrected chi connectivity index (χ0v) is 9.72. The van der Waals surface area contributed by atoms with Gasteiger partial charge in [-0.25, -0.2) is 4.98 Å². The lowest BCUT2D eigenvalue weighted by Gasteiger charge is -2.01. The Morgan fingerprint density at radius 3 is 2.67 bits per heavy atom. The minimum absolute atomic E-state index is 0. The lowest BCUT2D eigenvalue weighted by atomic mass is 10.2. The quantitative estimate of drug-likeness (QED) is 0.733. The Bertz CT molecular complexity index is 588. The van der Waals surface area contributed by atoms with Crippen LogP contribution < -0.4 is 5.32 Å². The van der Waals surface area contributed by atoms with Crippen molar-refractivity contribution in [1.29, 1.82) is 0 Å². The number of H-pyrrole nitrogens is 1. The van der Waals surface area contributed by atoms with E-state index in [1.54, 1.807) is 6.20 Å². The van der Waals surface area contributed by atoms with E-state index in [9.17, 15) is 0 Å². The molecule has 92 valence electrons. The Balaban J connectivity index is 0.00000120. The van der Waals surface area contributed by atoms with Crippen molar-refractivity contribution in [3.63, 3.8) is 0 Å². The van der Waals surface area contributed by atoms with Crippen LogP contribution in [-0.4, -0.2) is 20.4 Å². The van der Waals surface area contributed by atoms with Crippen LogP contribution in [-0.2, 0) is 6.54 Å². The van der Waals surface area contributed by atoms with E-state index in [2.05, 4.69) is 32.4 Å². The summed E-state index contributed by atoms with van der Waals surface area (Å²) in [7, 11) is 0. The molecule has 1 aromatic carbocycles. The summed E-state index contributed by atoms with van der Waals surface area (Å²) in [5, 5.41) is 3.24. The maximum absolute atomic E-state index is 4.35. The molecule has 0 amide bonds. The second-order valence-electron chi connectivity index (χ2n) is 3.80. The molecule has 0 radical (unpaired) electrons. The Kier molecular flexibility index (Phi) is 3.54. The summed E-state index contributed by atoms with van der Waals surface area (Å²) in [5.74, 6) is 0.752. The summed E-state index contributed by atoms with van der Waals surface area (Å²) in [6.07, 6.45) is 1.74. The van der Waals surface area contributed by atoms with Crippen LogP contribution in [0.5, 0.6) is 0 Å². The number of fused-ring (bicyclic) bond motifs is 1. The number of anilines is 1. The number of benzene rings is 1. The van der Waals surface area contributed by atoms with Gasteiger partial charge < -0.3 is 15.8 Å². The van der Waals surface area contributed by atoms with E-state index >= 15 is 0 Å². The number of hydrogen-bond acceptors (Lipinski definition) is 3. The van der Waals surface area contributed by atoms with E-state index in [1.807, 2.05) is 30.3 Å². The monoisotopic (exact) mass is 242 g/mol. The lowest BCUT2D eigenvalue weighted by molar-refractivity contribution is 0.824. The number of nitrogens with zero attached hydrogens (tertiary/aromatic N) is 2. The maximum Gasteiger partial charge on any atom is 0.202 e. The van der Waals surface area contributed by atoms with Crippen molar-refractivity contribution in [3.8, 4) is 0 Å². The van der Waals surface area contributed by atoms with Gasteiger partial charge in [0, 0.05) is 12.7 Å². The number of nitrogens with one attached hydrogen (secondary N) is 2. The number of rotatable bonds is 3. The van der Waals surface area contributed by atoms with Crippen LogP contribution >= 0.6 is 0 Å². The first-order valence-electron chi connectivity index (χ1n) is 5.50. The largest absolute Gasteiger partial charge is 0.412 e. The van der Waals surface area contributed by atoms with Crippen LogP contribution in [0.15, 0.2) is 48.7 Å². The van der Waals surface area contributed by atoms with E-state index in [0.29, 0.717) is 0 Å². The molecule has 0 bridgehead atoms. The number of aromatic nitrogens is 3. The highest BCUT2D eigenvalue weighted by Crippen LogP contribution is 2.11. The SMILES string of the molecule is O.c1ccc(CNc2nc3ncccc3[nH]2)cc1. The molecule has 0 unspecified atom stereocenters. The second-order valence-corrected chi connectivity index (χ2v) is 3.80. The summed E-state index contributed by atoms with van der Waals surface area (Å²) in [6.45, 7) is 0.751. The van der Waals surface area contributed by atoms with Crippen molar-refractivity contribution in [2.75, 3.05) is 5.32 Å². The smallest absolute Gasteiger partial charge is 0.202 e. The first-order chi connectivity index (χ1) is 8.42. The van der Waals surface area contributed by atoms with Crippen LogP contribution in [0.1, 0.15) is 5.56 Å². The van der Waals surface area contributed by atoms with Crippen molar-refractivity contribution in [1.82, 2.24) is 15.0 Å². The Labute approximate surface area is 104 Å². The minimum Gasteiger partial charge on any atom is -0.412 e. The molecule has 3 aromatic rings. The molecule has 0 aliphatic heterocycles. The zero-order valence-electron chi connectivity index (χ0n) is 9.72. The average molecular weight is 242 g/mol. The molecule has 2 heterocycles. The molecule has 0 fully saturated rings. The molecule has 5 heteroatoms. The average Bonchev–Trinajstić information content (AvgIpc) is 2.80. The highest BCUT2D eigenvalue weighted by Gasteiger charge is 2.01. The Morgan fingerprint density at radius 1 is 1.06 bits per heavy atom. The molecule has 18 heavy (non-hydrogen) atoms. The topological polar surface area (TPSA) is 85.1 Å². The molecule has 0 saturated carbocycles. The van der Waals surface area contributed by atoms with Gasteiger partial charge in [0.2, 0.25) is 5.95 Å². The van der Waals surface area contributed by atoms with E-state index in [1.165, 1.54) is 5.56 Å². The van der Waals surface area contributed by atoms with Gasteiger partial charge >= 0.3 is 0 Å². The van der Waals surface area contributed by atoms with Crippen LogP contribution in [0.3, 0.4) is 0 Å². The summed E-state index contributed by atoms with van der Waals surface area (Å²) in [6, 6.07) is 14.1. The molecule has 3 rings (SSSR count). The van der Waals surface area contributed by atoms with Crippen molar-refractivity contribution < 1.29 is 5.48 Å². The van der Waals surface area contributed by atoms with Crippen molar-refractivity contribution in [2.24, 2.45) is 0 Å². The van der Waals surface area contributed by atoms with Gasteiger partial charge in [-0.2, -0.15) is 4.98 Å². The summed E-state index contributed by atoms with van der Waals surface area (Å²) < 4.78 is 0. The van der Waals surface area contributed by atoms with Gasteiger partial charge in [0.25, 0.3) is 0 Å². The third kappa shape index (κ3) is 2.46. The number of pyridine rings is 1. The fourth-order valence-corrected chi connectivity index (χ4v) is 1.71. The van der Waals surface area contributed by atoms with Crippen LogP contribution in [0.2, 0.25) is 0 Å². The third-order valence-corrected chi connectivity index (χ3v) is 2.56. The van der Waals surface area contributed by atoms with Gasteiger partial charge in [-0.3, -0.25) is 0 Å². The number of aromatic amines is 1. The highest BCUT2D eigenvalue weighted by atomic mass is 16.0. The maximum atomic E-state index is 4.35. The van der Waals surface area contributed by atoms with Crippen LogP contribution in [0.4, 0.5) is 5.95 Å². The normalized spacial score (nSPS) is 10.0. The van der Waals surface area contributed by atoms with Gasteiger partial charge in [-0.1, -0.05) is 30.3 Å². The first kappa shape index (κ1) is 12.1. The molecule has 0 aliphatic rings. The molecular formula is C13H14N4O. The van der Waals surface area contributed by atoms with E-state index in [0.717, 1.165) is 23.7 Å². The van der Waals surface area contributed by atoms with E-state index < -0.39 is 0 Å². The fraction of sp³-hybridized carbons (Fsp3) is 0.0769. The Morgan fingerprint density at radius 2 is 1.89 bits per heavy atom. The van der Waals surface area contributed by atoms with Gasteiger partial charge in [0.15, 0.2) is 5.65 Å². The summed E-state index contributed by atoms with van der Waals surface area (Å²) in [4.78, 5) is 11.7. The third-order valence-electron chi connectivity index (χ3n) is 2.56. The van der Waals surface area contributed by atoms with Crippen LogP contribution in [0, 0.1) is 0 Å². The Hall–Kier alpha value is -2.40. The van der Waals surface area contributed by atoms with Crippen molar-refractivity contribution in [3.05, 3.63) is 54.2 Å². The molecule has 0 spiro atoms. The molecule has 5 nitrogen and oxygen atoms in total. The predicted molar refractivity (Wildman–Crippen MR) is 71.3 cm³/mol. The number of hydrogen-bond donors (Lipinski definition) is 2. The molecule has 0 saturated heterocycles. The van der Waals surface area contributed by atoms with Gasteiger partial charge in [-0.15, -0.1) is 0 Å². The first-order valence-corrected chi connectivity index (χ1v) is 5.50. The number of imidazole rings is 1. The van der Waals surface area contributed by atoms with Gasteiger partial charge in [-0.05, 0) is 17.7 Å². The van der Waals surface area contributed by atoms with Gasteiger partial charge in [0.1, 0.15) is 0 Å². The van der Waals surface area contributed by atoms with E-state index in [4.69, 9.17) is 0 Å². The lowest BCUT2D eigenvalue weighted by Crippen LogP contribution is -2.00. The van der Waals surface area contributed by atoms with Gasteiger partial charge in [0.05, 0.1) is 5.52 Å². The standard InChI is InChI=1S/C13H12N4.H2O/c1-2-5-10(6-3-1)9-15-13-16-11-7-4-8-14-12(11)17-13;/h1-8H,9H2,(H2,14,15,16,17);1H2. The second kappa shape index (κ2) is 5.29. The molecular weight excluding hydrogens is 228 g/mol. The minimum atomic E-state index is 0. The van der Waals surface area contributed by atoms with E-state index in [-0.39, 0.29) is 5.48 Å². The summed E-state index contributed by atoms with van der Waals surface area (Å²) in [5.41, 5.74) is 2.91. The molecule has 2 aromatic heterocycles. The molecule has 4 N–H and O–H groups in total. The predicted octanol–water partition coefficient (Wildman–Crippen LogP) is 1.75. The highest BCUT2D eigenvalue weighted by molar-refractivity contribution is 5.72. The zero-order chi connectivity index (χ0) is 11.5. The summed E-state index contributed by atoms with van der Waals surface area (Å²) >= 11 is 0. The fourth-order valence-electron chi connectivity index (χ4n) is 1.71. The van der Waals surface area contributed by atoms with Crippen LogP contribution in [0.25, 0.3) is 11.2 Å². The van der Waals surface area contributed by atoms with Crippen molar-refractivity contribution >= 4 is 17.1 Å². The molecule has 0 aliphatic carbocycles.